The smallest absolute Gasteiger partial charge is 0.124 e. The first-order valence-corrected chi connectivity index (χ1v) is 8.79. The van der Waals surface area contributed by atoms with Gasteiger partial charge in [0, 0.05) is 24.2 Å². The number of hydrogen-bond donors (Lipinski definition) is 1. The zero-order chi connectivity index (χ0) is 17.5. The van der Waals surface area contributed by atoms with Gasteiger partial charge in [0.25, 0.3) is 0 Å². The molecule has 0 fully saturated rings. The van der Waals surface area contributed by atoms with E-state index in [0.29, 0.717) is 6.61 Å². The Morgan fingerprint density at radius 3 is 2.20 bits per heavy atom. The topological polar surface area (TPSA) is 21.3 Å². The van der Waals surface area contributed by atoms with Crippen molar-refractivity contribution in [1.82, 2.24) is 0 Å². The first-order valence-electron chi connectivity index (χ1n) is 8.79. The Morgan fingerprint density at radius 1 is 0.760 bits per heavy atom. The fourth-order valence-electron chi connectivity index (χ4n) is 2.99. The molecule has 0 saturated carbocycles. The number of para-hydroxylation sites is 2. The molecule has 1 N–H and O–H groups in total. The Hall–Kier alpha value is -2.74. The molecule has 0 aliphatic carbocycles. The van der Waals surface area contributed by atoms with Gasteiger partial charge >= 0.3 is 0 Å². The van der Waals surface area contributed by atoms with E-state index in [2.05, 4.69) is 73.8 Å². The van der Waals surface area contributed by atoms with E-state index in [1.54, 1.807) is 0 Å². The lowest BCUT2D eigenvalue weighted by Gasteiger charge is -2.15. The van der Waals surface area contributed by atoms with Crippen LogP contribution in [-0.4, -0.2) is 6.61 Å². The van der Waals surface area contributed by atoms with Crippen molar-refractivity contribution in [3.05, 3.63) is 95.1 Å². The van der Waals surface area contributed by atoms with E-state index >= 15 is 0 Å². The predicted octanol–water partition coefficient (Wildman–Crippen LogP) is 5.54. The molecule has 0 bridgehead atoms. The summed E-state index contributed by atoms with van der Waals surface area (Å²) < 4.78 is 6.05. The van der Waals surface area contributed by atoms with Gasteiger partial charge in [0.2, 0.25) is 0 Å². The van der Waals surface area contributed by atoms with Crippen molar-refractivity contribution in [3.63, 3.8) is 0 Å². The van der Waals surface area contributed by atoms with Gasteiger partial charge in [0.05, 0.1) is 6.61 Å². The van der Waals surface area contributed by atoms with Gasteiger partial charge in [-0.1, -0.05) is 66.7 Å². The van der Waals surface area contributed by atoms with Gasteiger partial charge in [0.1, 0.15) is 5.75 Å². The van der Waals surface area contributed by atoms with Crippen LogP contribution in [0.3, 0.4) is 0 Å². The molecule has 0 aliphatic rings. The third kappa shape index (κ3) is 4.63. The second-order valence-corrected chi connectivity index (χ2v) is 6.31. The quantitative estimate of drug-likeness (QED) is 0.614. The van der Waals surface area contributed by atoms with Crippen LogP contribution in [0.4, 0.5) is 5.69 Å². The summed E-state index contributed by atoms with van der Waals surface area (Å²) in [5.74, 6) is 0.956. The highest BCUT2D eigenvalue weighted by molar-refractivity contribution is 5.57. The molecule has 0 spiro atoms. The molecule has 0 heterocycles. The molecular formula is C23H25NO. The summed E-state index contributed by atoms with van der Waals surface area (Å²) in [6, 6.07) is 25.1. The number of benzene rings is 3. The SMILES string of the molecule is Cc1cccc(C)c1NCc1ccccc1OCCc1ccccc1. The maximum atomic E-state index is 6.05. The van der Waals surface area contributed by atoms with Crippen molar-refractivity contribution < 1.29 is 4.74 Å². The van der Waals surface area contributed by atoms with Gasteiger partial charge in [0.15, 0.2) is 0 Å². The van der Waals surface area contributed by atoms with Crippen molar-refractivity contribution in [2.24, 2.45) is 0 Å². The molecule has 0 saturated heterocycles. The number of ether oxygens (including phenoxy) is 1. The number of nitrogens with one attached hydrogen (secondary N) is 1. The summed E-state index contributed by atoms with van der Waals surface area (Å²) in [6.07, 6.45) is 0.916. The minimum absolute atomic E-state index is 0.685. The van der Waals surface area contributed by atoms with Gasteiger partial charge in [-0.25, -0.2) is 0 Å². The Labute approximate surface area is 150 Å². The van der Waals surface area contributed by atoms with Gasteiger partial charge in [-0.3, -0.25) is 0 Å². The summed E-state index contributed by atoms with van der Waals surface area (Å²) >= 11 is 0. The van der Waals surface area contributed by atoms with Gasteiger partial charge in [-0.05, 0) is 36.6 Å². The third-order valence-corrected chi connectivity index (χ3v) is 4.40. The first kappa shape index (κ1) is 17.1. The average molecular weight is 331 g/mol. The molecule has 2 heteroatoms. The molecule has 25 heavy (non-hydrogen) atoms. The van der Waals surface area contributed by atoms with Crippen LogP contribution in [-0.2, 0) is 13.0 Å². The fourth-order valence-corrected chi connectivity index (χ4v) is 2.99. The lowest BCUT2D eigenvalue weighted by atomic mass is 10.1. The Morgan fingerprint density at radius 2 is 1.44 bits per heavy atom. The fraction of sp³-hybridized carbons (Fsp3) is 0.217. The molecular weight excluding hydrogens is 306 g/mol. The second-order valence-electron chi connectivity index (χ2n) is 6.31. The highest BCUT2D eigenvalue weighted by Gasteiger charge is 2.06. The second kappa shape index (κ2) is 8.39. The minimum atomic E-state index is 0.685. The van der Waals surface area contributed by atoms with Crippen LogP contribution < -0.4 is 10.1 Å². The standard InChI is InChI=1S/C23H25NO/c1-18-9-8-10-19(2)23(18)24-17-21-13-6-7-14-22(21)25-16-15-20-11-4-3-5-12-20/h3-14,24H,15-17H2,1-2H3. The zero-order valence-electron chi connectivity index (χ0n) is 15.0. The van der Waals surface area contributed by atoms with Crippen LogP contribution in [0, 0.1) is 13.8 Å². The van der Waals surface area contributed by atoms with Crippen molar-refractivity contribution in [1.29, 1.82) is 0 Å². The highest BCUT2D eigenvalue weighted by Crippen LogP contribution is 2.23. The van der Waals surface area contributed by atoms with Crippen LogP contribution >= 0.6 is 0 Å². The summed E-state index contributed by atoms with van der Waals surface area (Å²) in [4.78, 5) is 0. The molecule has 2 nitrogen and oxygen atoms in total. The van der Waals surface area contributed by atoms with E-state index in [1.165, 1.54) is 27.9 Å². The molecule has 3 aromatic rings. The van der Waals surface area contributed by atoms with Crippen LogP contribution in [0.15, 0.2) is 72.8 Å². The Kier molecular flexibility index (Phi) is 5.73. The Balaban J connectivity index is 1.63. The summed E-state index contributed by atoms with van der Waals surface area (Å²) in [5.41, 5.74) is 6.22. The van der Waals surface area contributed by atoms with Crippen LogP contribution in [0.25, 0.3) is 0 Å². The van der Waals surface area contributed by atoms with Crippen molar-refractivity contribution >= 4 is 5.69 Å². The predicted molar refractivity (Wildman–Crippen MR) is 105 cm³/mol. The first-order chi connectivity index (χ1) is 12.2. The number of anilines is 1. The number of rotatable bonds is 7. The van der Waals surface area contributed by atoms with Crippen LogP contribution in [0.2, 0.25) is 0 Å². The van der Waals surface area contributed by atoms with Gasteiger partial charge in [-0.15, -0.1) is 0 Å². The summed E-state index contributed by atoms with van der Waals surface area (Å²) in [7, 11) is 0. The minimum Gasteiger partial charge on any atom is -0.493 e. The van der Waals surface area contributed by atoms with E-state index in [1.807, 2.05) is 18.2 Å². The van der Waals surface area contributed by atoms with Crippen LogP contribution in [0.1, 0.15) is 22.3 Å². The molecule has 0 unspecified atom stereocenters. The lowest BCUT2D eigenvalue weighted by Crippen LogP contribution is -2.07. The van der Waals surface area contributed by atoms with E-state index < -0.39 is 0 Å². The lowest BCUT2D eigenvalue weighted by molar-refractivity contribution is 0.319. The van der Waals surface area contributed by atoms with Crippen LogP contribution in [0.5, 0.6) is 5.75 Å². The van der Waals surface area contributed by atoms with E-state index in [4.69, 9.17) is 4.74 Å². The maximum absolute atomic E-state index is 6.05. The van der Waals surface area contributed by atoms with Crippen molar-refractivity contribution in [3.8, 4) is 5.75 Å². The number of aryl methyl sites for hydroxylation is 2. The highest BCUT2D eigenvalue weighted by atomic mass is 16.5. The maximum Gasteiger partial charge on any atom is 0.124 e. The third-order valence-electron chi connectivity index (χ3n) is 4.40. The molecule has 3 rings (SSSR count). The van der Waals surface area contributed by atoms with E-state index in [9.17, 15) is 0 Å². The summed E-state index contributed by atoms with van der Waals surface area (Å²) in [6.45, 7) is 5.72. The molecule has 0 radical (unpaired) electrons. The summed E-state index contributed by atoms with van der Waals surface area (Å²) in [5, 5.41) is 3.57. The van der Waals surface area contributed by atoms with Crippen molar-refractivity contribution in [2.75, 3.05) is 11.9 Å². The molecule has 0 aromatic heterocycles. The molecule has 0 amide bonds. The normalized spacial score (nSPS) is 10.5. The monoisotopic (exact) mass is 331 g/mol. The molecule has 0 aliphatic heterocycles. The Bertz CT molecular complexity index is 791. The van der Waals surface area contributed by atoms with Crippen molar-refractivity contribution in [2.45, 2.75) is 26.8 Å². The molecule has 3 aromatic carbocycles. The van der Waals surface area contributed by atoms with Gasteiger partial charge < -0.3 is 10.1 Å². The van der Waals surface area contributed by atoms with E-state index in [-0.39, 0.29) is 0 Å². The van der Waals surface area contributed by atoms with E-state index in [0.717, 1.165) is 18.7 Å². The molecule has 128 valence electrons. The molecule has 0 atom stereocenters. The zero-order valence-corrected chi connectivity index (χ0v) is 15.0. The average Bonchev–Trinajstić information content (AvgIpc) is 2.63. The largest absolute Gasteiger partial charge is 0.493 e. The number of hydrogen-bond acceptors (Lipinski definition) is 2. The van der Waals surface area contributed by atoms with Gasteiger partial charge in [-0.2, -0.15) is 0 Å².